The van der Waals surface area contributed by atoms with E-state index >= 15 is 0 Å². The van der Waals surface area contributed by atoms with Crippen molar-refractivity contribution in [2.24, 2.45) is 0 Å². The maximum absolute atomic E-state index is 2.52. The van der Waals surface area contributed by atoms with E-state index in [0.29, 0.717) is 0 Å². The maximum Gasteiger partial charge on any atom is 0.0541 e. The van der Waals surface area contributed by atoms with E-state index in [1.165, 1.54) is 119 Å². The summed E-state index contributed by atoms with van der Waals surface area (Å²) in [6, 6.07) is 106. The lowest BCUT2D eigenvalue weighted by Crippen LogP contribution is -2.23. The number of anilines is 6. The second-order valence-electron chi connectivity index (χ2n) is 24.0. The number of para-hydroxylation sites is 5. The molecule has 11 aromatic carbocycles. The van der Waals surface area contributed by atoms with Crippen molar-refractivity contribution in [2.75, 3.05) is 9.80 Å². The van der Waals surface area contributed by atoms with Gasteiger partial charge in [0.15, 0.2) is 0 Å². The van der Waals surface area contributed by atoms with Gasteiger partial charge in [-0.25, -0.2) is 0 Å². The molecule has 0 atom stereocenters. The van der Waals surface area contributed by atoms with Crippen LogP contribution in [0, 0.1) is 0 Å². The molecular weight excluding hydrogens is 1120 g/mol. The van der Waals surface area contributed by atoms with Crippen molar-refractivity contribution in [1.82, 2.24) is 4.57 Å². The molecule has 2 aliphatic rings. The molecular formula is C84H67N3S2. The van der Waals surface area contributed by atoms with E-state index in [-0.39, 0.29) is 10.8 Å². The zero-order chi connectivity index (χ0) is 59.8. The molecule has 89 heavy (non-hydrogen) atoms. The highest BCUT2D eigenvalue weighted by molar-refractivity contribution is 7.19. The van der Waals surface area contributed by atoms with Crippen LogP contribution in [0.5, 0.6) is 0 Å². The van der Waals surface area contributed by atoms with Gasteiger partial charge in [0.25, 0.3) is 0 Å². The molecule has 3 nitrogen and oxygen atoms in total. The summed E-state index contributed by atoms with van der Waals surface area (Å²) in [7, 11) is 0. The Morgan fingerprint density at radius 2 is 0.573 bits per heavy atom. The number of nitrogens with zero attached hydrogens (tertiary/aromatic N) is 3. The number of rotatable bonds is 15. The van der Waals surface area contributed by atoms with Crippen LogP contribution in [-0.2, 0) is 10.8 Å². The molecule has 16 rings (SSSR count). The van der Waals surface area contributed by atoms with Gasteiger partial charge in [-0.05, 0) is 238 Å². The minimum absolute atomic E-state index is 0.107. The Morgan fingerprint density at radius 1 is 0.281 bits per heavy atom. The summed E-state index contributed by atoms with van der Waals surface area (Å²) in [5.74, 6) is 0. The third-order valence-corrected chi connectivity index (χ3v) is 22.2. The number of aromatic nitrogens is 1. The second-order valence-corrected chi connectivity index (χ2v) is 26.2. The number of fused-ring (bicyclic) bond motifs is 9. The summed E-state index contributed by atoms with van der Waals surface area (Å²) < 4.78 is 2.44. The van der Waals surface area contributed by atoms with E-state index in [4.69, 9.17) is 0 Å². The lowest BCUT2D eigenvalue weighted by Gasteiger charge is -2.32. The predicted octanol–water partition coefficient (Wildman–Crippen LogP) is 24.7. The second kappa shape index (κ2) is 22.1. The first-order valence-electron chi connectivity index (χ1n) is 31.6. The Morgan fingerprint density at radius 3 is 0.910 bits per heavy atom. The summed E-state index contributed by atoms with van der Waals surface area (Å²) in [6.07, 6.45) is 4.07. The van der Waals surface area contributed by atoms with Crippen LogP contribution in [0.3, 0.4) is 0 Å². The molecule has 3 heterocycles. The van der Waals surface area contributed by atoms with Gasteiger partial charge in [0.2, 0.25) is 0 Å². The number of benzene rings is 11. The third kappa shape index (κ3) is 8.88. The predicted molar refractivity (Wildman–Crippen MR) is 381 cm³/mol. The average molecular weight is 1180 g/mol. The van der Waals surface area contributed by atoms with E-state index in [9.17, 15) is 0 Å². The highest BCUT2D eigenvalue weighted by Gasteiger charge is 2.43. The molecule has 3 aromatic heterocycles. The summed E-state index contributed by atoms with van der Waals surface area (Å²) in [6.45, 7) is 9.50. The summed E-state index contributed by atoms with van der Waals surface area (Å²) in [4.78, 5) is 9.89. The highest BCUT2D eigenvalue weighted by Crippen LogP contribution is 2.57. The summed E-state index contributed by atoms with van der Waals surface area (Å²) in [5.41, 5.74) is 26.5. The van der Waals surface area contributed by atoms with Gasteiger partial charge in [-0.1, -0.05) is 167 Å². The van der Waals surface area contributed by atoms with E-state index in [2.05, 4.69) is 327 Å². The van der Waals surface area contributed by atoms with Crippen LogP contribution in [0.15, 0.2) is 285 Å². The molecule has 0 N–H and O–H groups in total. The average Bonchev–Trinajstić information content (AvgIpc) is 1.61. The zero-order valence-electron chi connectivity index (χ0n) is 50.6. The molecule has 0 spiro atoms. The number of hydrogen-bond acceptors (Lipinski definition) is 4. The Balaban J connectivity index is 0.726. The van der Waals surface area contributed by atoms with Crippen LogP contribution < -0.4 is 9.80 Å². The Hall–Kier alpha value is -9.78. The van der Waals surface area contributed by atoms with Gasteiger partial charge in [0.1, 0.15) is 0 Å². The van der Waals surface area contributed by atoms with Crippen LogP contribution in [-0.4, -0.2) is 4.57 Å². The van der Waals surface area contributed by atoms with Gasteiger partial charge in [0.05, 0.1) is 11.0 Å². The van der Waals surface area contributed by atoms with Crippen molar-refractivity contribution in [3.05, 3.63) is 307 Å². The molecule has 14 aromatic rings. The van der Waals surface area contributed by atoms with Gasteiger partial charge in [0, 0.05) is 80.9 Å². The smallest absolute Gasteiger partial charge is 0.0541 e. The van der Waals surface area contributed by atoms with Crippen molar-refractivity contribution in [2.45, 2.75) is 64.2 Å². The molecule has 0 amide bonds. The first-order valence-corrected chi connectivity index (χ1v) is 33.3. The maximum atomic E-state index is 2.52. The van der Waals surface area contributed by atoms with E-state index in [1.54, 1.807) is 0 Å². The first-order chi connectivity index (χ1) is 43.9. The Labute approximate surface area is 530 Å². The minimum atomic E-state index is -0.107. The van der Waals surface area contributed by atoms with E-state index in [0.717, 1.165) is 54.1 Å². The molecule has 0 unspecified atom stereocenters. The van der Waals surface area contributed by atoms with Crippen molar-refractivity contribution in [3.63, 3.8) is 0 Å². The lowest BCUT2D eigenvalue weighted by atomic mass is 9.73. The SMILES string of the molecule is CCC1(CC)c2cc(-c3ccc(-c4ccc5c(c4)c4cc(-c6ccc(-c7ccc8c(c7)C(CC)(CC)c7cc(N(c9ccccc9)c9ccccc9)ccc7-8)s6)ccc4n5-c4ccccc4)s3)ccc2-c2ccc(N(c3ccccc3)c3ccccc3)cc21. The first kappa shape index (κ1) is 54.6. The monoisotopic (exact) mass is 1180 g/mol. The van der Waals surface area contributed by atoms with Gasteiger partial charge < -0.3 is 14.4 Å². The van der Waals surface area contributed by atoms with Crippen LogP contribution in [0.4, 0.5) is 34.1 Å². The topological polar surface area (TPSA) is 11.4 Å². The normalized spacial score (nSPS) is 13.3. The number of thiophene rings is 2. The third-order valence-electron chi connectivity index (χ3n) is 19.8. The molecule has 0 aliphatic heterocycles. The fourth-order valence-electron chi connectivity index (χ4n) is 15.3. The van der Waals surface area contributed by atoms with Crippen molar-refractivity contribution in [1.29, 1.82) is 0 Å². The van der Waals surface area contributed by atoms with Gasteiger partial charge in [-0.3, -0.25) is 0 Å². The van der Waals surface area contributed by atoms with Gasteiger partial charge in [-0.15, -0.1) is 22.7 Å². The molecule has 5 heteroatoms. The highest BCUT2D eigenvalue weighted by atomic mass is 32.1. The zero-order valence-corrected chi connectivity index (χ0v) is 52.3. The van der Waals surface area contributed by atoms with E-state index in [1.807, 2.05) is 22.7 Å². The molecule has 0 saturated heterocycles. The number of hydrogen-bond donors (Lipinski definition) is 0. The van der Waals surface area contributed by atoms with Gasteiger partial charge >= 0.3 is 0 Å². The quantitative estimate of drug-likeness (QED) is 0.101. The van der Waals surface area contributed by atoms with Crippen LogP contribution >= 0.6 is 22.7 Å². The molecule has 0 radical (unpaired) electrons. The molecule has 2 aliphatic carbocycles. The Kier molecular flexibility index (Phi) is 13.6. The molecule has 430 valence electrons. The van der Waals surface area contributed by atoms with E-state index < -0.39 is 0 Å². The lowest BCUT2D eigenvalue weighted by molar-refractivity contribution is 0.490. The molecule has 0 fully saturated rings. The van der Waals surface area contributed by atoms with Crippen LogP contribution in [0.25, 0.3) is 91.5 Å². The molecule has 0 saturated carbocycles. The fraction of sp³-hybridized carbons (Fsp3) is 0.119. The summed E-state index contributed by atoms with van der Waals surface area (Å²) in [5, 5.41) is 2.51. The van der Waals surface area contributed by atoms with Crippen molar-refractivity contribution < 1.29 is 0 Å². The largest absolute Gasteiger partial charge is 0.310 e. The van der Waals surface area contributed by atoms with Crippen molar-refractivity contribution >= 4 is 78.6 Å². The van der Waals surface area contributed by atoms with Crippen LogP contribution in [0.2, 0.25) is 0 Å². The Bertz CT molecular complexity index is 4580. The van der Waals surface area contributed by atoms with Gasteiger partial charge in [-0.2, -0.15) is 0 Å². The standard InChI is InChI=1S/C84H67N3S2/c1-5-83(6-2)73-52-58(34-40-67(73)69-42-38-65(54-75(69)83)85(60-24-14-9-15-25-60)61-26-16-10-17-27-61)81-48-46-79(88-81)56-36-44-77-71(50-56)72-51-57(37-45-78(72)87(77)64-32-22-13-23-33-64)80-47-49-82(89-80)59-35-41-68-70-43-39-66(55-76(70)84(7-3,8-4)74(68)53-59)86(62-28-18-11-19-29-62)63-30-20-12-21-31-63/h9-55H,5-8H2,1-4H3. The minimum Gasteiger partial charge on any atom is -0.310 e. The van der Waals surface area contributed by atoms with Crippen molar-refractivity contribution in [3.8, 4) is 69.7 Å². The summed E-state index contributed by atoms with van der Waals surface area (Å²) >= 11 is 3.79. The van der Waals surface area contributed by atoms with Crippen LogP contribution in [0.1, 0.15) is 75.6 Å². The fourth-order valence-corrected chi connectivity index (χ4v) is 17.3. The molecule has 0 bridgehead atoms.